The van der Waals surface area contributed by atoms with Gasteiger partial charge in [-0.2, -0.15) is 0 Å². The van der Waals surface area contributed by atoms with E-state index in [1.807, 2.05) is 30.3 Å². The summed E-state index contributed by atoms with van der Waals surface area (Å²) in [5.74, 6) is -0.527. The zero-order valence-corrected chi connectivity index (χ0v) is 16.7. The second-order valence-electron chi connectivity index (χ2n) is 7.01. The third-order valence-corrected chi connectivity index (χ3v) is 6.33. The molecule has 1 heterocycles. The summed E-state index contributed by atoms with van der Waals surface area (Å²) >= 11 is 0. The number of benzene rings is 2. The van der Waals surface area contributed by atoms with Gasteiger partial charge in [-0.05, 0) is 42.5 Å². The minimum absolute atomic E-state index is 0.0252. The van der Waals surface area contributed by atoms with Crippen molar-refractivity contribution in [3.05, 3.63) is 77.5 Å². The van der Waals surface area contributed by atoms with Gasteiger partial charge in [0.25, 0.3) is 0 Å². The Bertz CT molecular complexity index is 1250. The van der Waals surface area contributed by atoms with Crippen molar-refractivity contribution in [2.75, 3.05) is 6.26 Å². The second kappa shape index (κ2) is 7.38. The Hall–Kier alpha value is -3.52. The van der Waals surface area contributed by atoms with Crippen LogP contribution >= 0.6 is 0 Å². The standard InChI is InChI=1S/C22H17NO6S/c1-30(27,28)19-12-18(24)21-20(19)16(22(25)26)11-17(23-21)13-7-9-15(10-8-13)29-14-5-3-2-4-6-14/h2-11,19H,12H2,1H3,(H,25,26). The third kappa shape index (κ3) is 3.69. The van der Waals surface area contributed by atoms with Crippen LogP contribution in [-0.2, 0) is 9.84 Å². The summed E-state index contributed by atoms with van der Waals surface area (Å²) in [5.41, 5.74) is 0.518. The number of fused-ring (bicyclic) bond motifs is 1. The fourth-order valence-electron chi connectivity index (χ4n) is 3.47. The number of sulfone groups is 1. The molecule has 1 unspecified atom stereocenters. The summed E-state index contributed by atoms with van der Waals surface area (Å²) in [4.78, 5) is 28.5. The van der Waals surface area contributed by atoms with Gasteiger partial charge in [0, 0.05) is 23.8 Å². The van der Waals surface area contributed by atoms with Gasteiger partial charge in [-0.15, -0.1) is 0 Å². The average Bonchev–Trinajstić information content (AvgIpc) is 3.06. The smallest absolute Gasteiger partial charge is 0.336 e. The van der Waals surface area contributed by atoms with E-state index in [2.05, 4.69) is 4.98 Å². The topological polar surface area (TPSA) is 111 Å². The third-order valence-electron chi connectivity index (χ3n) is 4.89. The van der Waals surface area contributed by atoms with Crippen molar-refractivity contribution >= 4 is 21.6 Å². The number of carboxylic acid groups (broad SMARTS) is 1. The number of hydrogen-bond acceptors (Lipinski definition) is 6. The van der Waals surface area contributed by atoms with Gasteiger partial charge in [-0.25, -0.2) is 18.2 Å². The Morgan fingerprint density at radius 2 is 1.70 bits per heavy atom. The first-order valence-electron chi connectivity index (χ1n) is 9.07. The summed E-state index contributed by atoms with van der Waals surface area (Å²) < 4.78 is 29.9. The number of pyridine rings is 1. The molecule has 30 heavy (non-hydrogen) atoms. The van der Waals surface area contributed by atoms with Crippen molar-refractivity contribution in [1.82, 2.24) is 4.98 Å². The molecule has 4 rings (SSSR count). The molecular weight excluding hydrogens is 406 g/mol. The molecule has 0 saturated carbocycles. The minimum Gasteiger partial charge on any atom is -0.478 e. The van der Waals surface area contributed by atoms with Gasteiger partial charge in [-0.3, -0.25) is 4.79 Å². The van der Waals surface area contributed by atoms with Crippen molar-refractivity contribution in [3.8, 4) is 22.8 Å². The van der Waals surface area contributed by atoms with Crippen LogP contribution in [0.4, 0.5) is 0 Å². The molecule has 1 aliphatic rings. The summed E-state index contributed by atoms with van der Waals surface area (Å²) in [5, 5.41) is 8.46. The fourth-order valence-corrected chi connectivity index (χ4v) is 4.59. The van der Waals surface area contributed by atoms with Gasteiger partial charge in [-0.1, -0.05) is 18.2 Å². The number of carbonyl (C=O) groups excluding carboxylic acids is 1. The monoisotopic (exact) mass is 423 g/mol. The quantitative estimate of drug-likeness (QED) is 0.662. The number of rotatable bonds is 5. The highest BCUT2D eigenvalue weighted by Crippen LogP contribution is 2.40. The minimum atomic E-state index is -3.66. The number of carbonyl (C=O) groups is 2. The van der Waals surface area contributed by atoms with Crippen LogP contribution < -0.4 is 4.74 Å². The van der Waals surface area contributed by atoms with E-state index in [4.69, 9.17) is 4.74 Å². The molecule has 0 amide bonds. The molecule has 1 N–H and O–H groups in total. The number of hydrogen-bond donors (Lipinski definition) is 1. The van der Waals surface area contributed by atoms with E-state index in [0.29, 0.717) is 17.1 Å². The summed E-state index contributed by atoms with van der Waals surface area (Å²) in [6.45, 7) is 0. The number of nitrogens with zero attached hydrogens (tertiary/aromatic N) is 1. The molecule has 152 valence electrons. The SMILES string of the molecule is CS(=O)(=O)C1CC(=O)c2nc(-c3ccc(Oc4ccccc4)cc3)cc(C(=O)O)c21. The van der Waals surface area contributed by atoms with Crippen molar-refractivity contribution in [3.63, 3.8) is 0 Å². The van der Waals surface area contributed by atoms with Crippen LogP contribution in [0.15, 0.2) is 60.7 Å². The molecule has 1 aliphatic carbocycles. The number of para-hydroxylation sites is 1. The number of aromatic carboxylic acids is 1. The molecule has 0 radical (unpaired) electrons. The van der Waals surface area contributed by atoms with Crippen LogP contribution in [-0.4, -0.2) is 36.5 Å². The van der Waals surface area contributed by atoms with Crippen LogP contribution in [0.5, 0.6) is 11.5 Å². The van der Waals surface area contributed by atoms with Crippen molar-refractivity contribution in [2.45, 2.75) is 11.7 Å². The van der Waals surface area contributed by atoms with E-state index in [1.54, 1.807) is 24.3 Å². The average molecular weight is 423 g/mol. The molecule has 8 heteroatoms. The predicted molar refractivity (Wildman–Crippen MR) is 110 cm³/mol. The van der Waals surface area contributed by atoms with Crippen LogP contribution in [0, 0.1) is 0 Å². The fraction of sp³-hybridized carbons (Fsp3) is 0.136. The maximum absolute atomic E-state index is 12.4. The molecule has 0 aliphatic heterocycles. The van der Waals surface area contributed by atoms with E-state index in [-0.39, 0.29) is 28.9 Å². The van der Waals surface area contributed by atoms with Gasteiger partial charge >= 0.3 is 5.97 Å². The lowest BCUT2D eigenvalue weighted by Gasteiger charge is -2.13. The van der Waals surface area contributed by atoms with Crippen molar-refractivity contribution in [1.29, 1.82) is 0 Å². The number of ether oxygens (including phenoxy) is 1. The molecule has 7 nitrogen and oxygen atoms in total. The highest BCUT2D eigenvalue weighted by molar-refractivity contribution is 7.91. The van der Waals surface area contributed by atoms with Crippen molar-refractivity contribution in [2.24, 2.45) is 0 Å². The normalized spacial score (nSPS) is 15.6. The lowest BCUT2D eigenvalue weighted by atomic mass is 10.0. The Morgan fingerprint density at radius 1 is 1.07 bits per heavy atom. The van der Waals surface area contributed by atoms with Crippen LogP contribution in [0.3, 0.4) is 0 Å². The van der Waals surface area contributed by atoms with Gasteiger partial charge in [0.05, 0.1) is 16.5 Å². The van der Waals surface area contributed by atoms with Crippen molar-refractivity contribution < 1.29 is 27.9 Å². The van der Waals surface area contributed by atoms with Crippen LogP contribution in [0.25, 0.3) is 11.3 Å². The Balaban J connectivity index is 1.74. The number of Topliss-reactive ketones (excluding diaryl/α,β-unsaturated/α-hetero) is 1. The van der Waals surface area contributed by atoms with Gasteiger partial charge in [0.15, 0.2) is 15.6 Å². The van der Waals surface area contributed by atoms with Gasteiger partial charge < -0.3 is 9.84 Å². The Labute approximate surface area is 172 Å². The molecule has 0 spiro atoms. The maximum Gasteiger partial charge on any atom is 0.336 e. The first-order valence-corrected chi connectivity index (χ1v) is 11.0. The number of ketones is 1. The first-order chi connectivity index (χ1) is 14.2. The van der Waals surface area contributed by atoms with Crippen LogP contribution in [0.2, 0.25) is 0 Å². The van der Waals surface area contributed by atoms with E-state index in [1.165, 1.54) is 6.07 Å². The summed E-state index contributed by atoms with van der Waals surface area (Å²) in [6.07, 6.45) is 0.694. The highest BCUT2D eigenvalue weighted by Gasteiger charge is 2.41. The molecule has 2 aromatic carbocycles. The van der Waals surface area contributed by atoms with Gasteiger partial charge in [0.2, 0.25) is 0 Å². The van der Waals surface area contributed by atoms with E-state index in [0.717, 1.165) is 6.26 Å². The lowest BCUT2D eigenvalue weighted by Crippen LogP contribution is -2.13. The van der Waals surface area contributed by atoms with Crippen LogP contribution in [0.1, 0.15) is 38.1 Å². The lowest BCUT2D eigenvalue weighted by molar-refractivity contribution is 0.0695. The molecule has 3 aromatic rings. The summed E-state index contributed by atoms with van der Waals surface area (Å²) in [6, 6.07) is 17.3. The predicted octanol–water partition coefficient (Wildman–Crippen LogP) is 3.91. The zero-order chi connectivity index (χ0) is 21.5. The van der Waals surface area contributed by atoms with E-state index in [9.17, 15) is 23.1 Å². The largest absolute Gasteiger partial charge is 0.478 e. The molecule has 0 bridgehead atoms. The van der Waals surface area contributed by atoms with E-state index < -0.39 is 26.8 Å². The summed E-state index contributed by atoms with van der Waals surface area (Å²) in [7, 11) is -3.66. The molecular formula is C22H17NO6S. The first kappa shape index (κ1) is 19.8. The Morgan fingerprint density at radius 3 is 2.30 bits per heavy atom. The molecule has 1 aromatic heterocycles. The second-order valence-corrected chi connectivity index (χ2v) is 9.24. The number of aromatic nitrogens is 1. The highest BCUT2D eigenvalue weighted by atomic mass is 32.2. The maximum atomic E-state index is 12.4. The van der Waals surface area contributed by atoms with E-state index >= 15 is 0 Å². The molecule has 1 atom stereocenters. The zero-order valence-electron chi connectivity index (χ0n) is 15.9. The molecule has 0 fully saturated rings. The number of carboxylic acids is 1. The Kier molecular flexibility index (Phi) is 4.87. The molecule has 0 saturated heterocycles. The van der Waals surface area contributed by atoms with Gasteiger partial charge in [0.1, 0.15) is 17.2 Å².